The first-order valence-electron chi connectivity index (χ1n) is 6.98. The molecule has 0 aliphatic rings. The van der Waals surface area contributed by atoms with Gasteiger partial charge in [0.05, 0.1) is 0 Å². The van der Waals surface area contributed by atoms with Crippen LogP contribution in [0.5, 0.6) is 0 Å². The molecule has 1 N–H and O–H groups in total. The molecule has 0 bridgehead atoms. The SMILES string of the molecule is C=CCCCCCC(NCC)c1ccc(F)cc1Cl. The van der Waals surface area contributed by atoms with Crippen molar-refractivity contribution in [3.05, 3.63) is 47.3 Å². The fourth-order valence-corrected chi connectivity index (χ4v) is 2.51. The highest BCUT2D eigenvalue weighted by atomic mass is 35.5. The first-order chi connectivity index (χ1) is 9.19. The van der Waals surface area contributed by atoms with Crippen LogP contribution in [0.3, 0.4) is 0 Å². The standard InChI is InChI=1S/C16H23ClFN/c1-3-5-6-7-8-9-16(19-4-2)14-11-10-13(18)12-15(14)17/h3,10-12,16,19H,1,4-9H2,2H3. The largest absolute Gasteiger partial charge is 0.310 e. The Hall–Kier alpha value is -0.860. The van der Waals surface area contributed by atoms with Crippen LogP contribution in [0.2, 0.25) is 5.02 Å². The minimum absolute atomic E-state index is 0.210. The summed E-state index contributed by atoms with van der Waals surface area (Å²) in [6.45, 7) is 6.68. The number of unbranched alkanes of at least 4 members (excludes halogenated alkanes) is 3. The Labute approximate surface area is 120 Å². The van der Waals surface area contributed by atoms with Crippen LogP contribution in [-0.2, 0) is 0 Å². The molecule has 0 aliphatic carbocycles. The van der Waals surface area contributed by atoms with Crippen LogP contribution < -0.4 is 5.32 Å². The zero-order chi connectivity index (χ0) is 14.1. The highest BCUT2D eigenvalue weighted by Crippen LogP contribution is 2.27. The molecule has 0 spiro atoms. The molecule has 0 amide bonds. The van der Waals surface area contributed by atoms with Crippen LogP contribution in [0.15, 0.2) is 30.9 Å². The van der Waals surface area contributed by atoms with Gasteiger partial charge in [-0.15, -0.1) is 6.58 Å². The summed E-state index contributed by atoms with van der Waals surface area (Å²) in [7, 11) is 0. The van der Waals surface area contributed by atoms with Crippen molar-refractivity contribution in [2.75, 3.05) is 6.54 Å². The quantitative estimate of drug-likeness (QED) is 0.481. The molecule has 1 atom stereocenters. The molecule has 1 aromatic rings. The number of hydrogen-bond acceptors (Lipinski definition) is 1. The summed E-state index contributed by atoms with van der Waals surface area (Å²) in [5, 5.41) is 3.93. The van der Waals surface area contributed by atoms with E-state index in [-0.39, 0.29) is 11.9 Å². The third kappa shape index (κ3) is 5.75. The van der Waals surface area contributed by atoms with Gasteiger partial charge in [0.15, 0.2) is 0 Å². The topological polar surface area (TPSA) is 12.0 Å². The number of hydrogen-bond donors (Lipinski definition) is 1. The van der Waals surface area contributed by atoms with E-state index in [2.05, 4.69) is 18.8 Å². The van der Waals surface area contributed by atoms with E-state index in [0.29, 0.717) is 5.02 Å². The second-order valence-corrected chi connectivity index (χ2v) is 5.11. The average Bonchev–Trinajstić information content (AvgIpc) is 2.38. The Morgan fingerprint density at radius 2 is 2.16 bits per heavy atom. The Morgan fingerprint density at radius 1 is 1.37 bits per heavy atom. The number of allylic oxidation sites excluding steroid dienone is 1. The van der Waals surface area contributed by atoms with E-state index >= 15 is 0 Å². The molecule has 3 heteroatoms. The molecule has 106 valence electrons. The van der Waals surface area contributed by atoms with Crippen molar-refractivity contribution in [2.45, 2.75) is 45.1 Å². The van der Waals surface area contributed by atoms with Gasteiger partial charge in [-0.3, -0.25) is 0 Å². The van der Waals surface area contributed by atoms with E-state index in [1.807, 2.05) is 6.08 Å². The van der Waals surface area contributed by atoms with E-state index in [1.54, 1.807) is 6.07 Å². The van der Waals surface area contributed by atoms with Gasteiger partial charge in [-0.25, -0.2) is 4.39 Å². The number of nitrogens with one attached hydrogen (secondary N) is 1. The van der Waals surface area contributed by atoms with E-state index in [1.165, 1.54) is 25.0 Å². The molecule has 0 radical (unpaired) electrons. The highest BCUT2D eigenvalue weighted by molar-refractivity contribution is 6.31. The first-order valence-corrected chi connectivity index (χ1v) is 7.36. The molecule has 0 saturated carbocycles. The third-order valence-electron chi connectivity index (χ3n) is 3.19. The van der Waals surface area contributed by atoms with Crippen molar-refractivity contribution in [2.24, 2.45) is 0 Å². The highest BCUT2D eigenvalue weighted by Gasteiger charge is 2.13. The van der Waals surface area contributed by atoms with E-state index in [9.17, 15) is 4.39 Å². The molecule has 1 unspecified atom stereocenters. The van der Waals surface area contributed by atoms with E-state index in [0.717, 1.165) is 31.4 Å². The average molecular weight is 284 g/mol. The van der Waals surface area contributed by atoms with Crippen LogP contribution >= 0.6 is 11.6 Å². The summed E-state index contributed by atoms with van der Waals surface area (Å²) >= 11 is 6.13. The Balaban J connectivity index is 2.58. The molecular formula is C16H23ClFN. The number of rotatable bonds is 9. The van der Waals surface area contributed by atoms with Gasteiger partial charge in [0.2, 0.25) is 0 Å². The summed E-state index contributed by atoms with van der Waals surface area (Å²) in [6.07, 6.45) is 7.56. The lowest BCUT2D eigenvalue weighted by atomic mass is 9.99. The molecule has 1 aromatic carbocycles. The summed E-state index contributed by atoms with van der Waals surface area (Å²) in [5.41, 5.74) is 0.994. The van der Waals surface area contributed by atoms with Crippen molar-refractivity contribution in [1.29, 1.82) is 0 Å². The Kier molecular flexibility index (Phi) is 7.76. The van der Waals surface area contributed by atoms with Gasteiger partial charge in [-0.05, 0) is 43.5 Å². The molecule has 0 aromatic heterocycles. The van der Waals surface area contributed by atoms with Gasteiger partial charge in [0, 0.05) is 11.1 Å². The van der Waals surface area contributed by atoms with Gasteiger partial charge in [-0.2, -0.15) is 0 Å². The van der Waals surface area contributed by atoms with Crippen LogP contribution in [0.1, 0.15) is 50.6 Å². The second kappa shape index (κ2) is 9.11. The summed E-state index contributed by atoms with van der Waals surface area (Å²) < 4.78 is 13.1. The van der Waals surface area contributed by atoms with Gasteiger partial charge in [0.1, 0.15) is 5.82 Å². The van der Waals surface area contributed by atoms with Crippen LogP contribution in [-0.4, -0.2) is 6.54 Å². The van der Waals surface area contributed by atoms with E-state index in [4.69, 9.17) is 11.6 Å². The maximum Gasteiger partial charge on any atom is 0.124 e. The Bertz CT molecular complexity index is 392. The molecule has 1 nitrogen and oxygen atoms in total. The predicted molar refractivity (Wildman–Crippen MR) is 81.1 cm³/mol. The molecule has 0 saturated heterocycles. The summed E-state index contributed by atoms with van der Waals surface area (Å²) in [5.74, 6) is -0.282. The van der Waals surface area contributed by atoms with E-state index < -0.39 is 0 Å². The zero-order valence-corrected chi connectivity index (χ0v) is 12.3. The molecule has 1 rings (SSSR count). The number of halogens is 2. The maximum absolute atomic E-state index is 13.1. The van der Waals surface area contributed by atoms with Crippen molar-refractivity contribution in [3.8, 4) is 0 Å². The zero-order valence-electron chi connectivity index (χ0n) is 11.6. The monoisotopic (exact) mass is 283 g/mol. The minimum Gasteiger partial charge on any atom is -0.310 e. The predicted octanol–water partition coefficient (Wildman–Crippen LogP) is 5.27. The lowest BCUT2D eigenvalue weighted by Gasteiger charge is -2.19. The smallest absolute Gasteiger partial charge is 0.124 e. The lowest BCUT2D eigenvalue weighted by molar-refractivity contribution is 0.483. The molecular weight excluding hydrogens is 261 g/mol. The normalized spacial score (nSPS) is 12.4. The van der Waals surface area contributed by atoms with Crippen LogP contribution in [0, 0.1) is 5.82 Å². The summed E-state index contributed by atoms with van der Waals surface area (Å²) in [6, 6.07) is 4.86. The van der Waals surface area contributed by atoms with Crippen LogP contribution in [0.4, 0.5) is 4.39 Å². The molecule has 0 heterocycles. The minimum atomic E-state index is -0.282. The van der Waals surface area contributed by atoms with Crippen molar-refractivity contribution in [1.82, 2.24) is 5.32 Å². The number of benzene rings is 1. The fraction of sp³-hybridized carbons (Fsp3) is 0.500. The van der Waals surface area contributed by atoms with Gasteiger partial charge >= 0.3 is 0 Å². The fourth-order valence-electron chi connectivity index (χ4n) is 2.21. The van der Waals surface area contributed by atoms with Gasteiger partial charge in [-0.1, -0.05) is 43.5 Å². The van der Waals surface area contributed by atoms with Crippen LogP contribution in [0.25, 0.3) is 0 Å². The second-order valence-electron chi connectivity index (χ2n) is 4.70. The molecule has 0 fully saturated rings. The summed E-state index contributed by atoms with van der Waals surface area (Å²) in [4.78, 5) is 0. The van der Waals surface area contributed by atoms with Crippen molar-refractivity contribution >= 4 is 11.6 Å². The maximum atomic E-state index is 13.1. The first kappa shape index (κ1) is 16.2. The molecule has 0 aliphatic heterocycles. The molecule has 19 heavy (non-hydrogen) atoms. The Morgan fingerprint density at radius 3 is 2.79 bits per heavy atom. The van der Waals surface area contributed by atoms with Gasteiger partial charge in [0.25, 0.3) is 0 Å². The van der Waals surface area contributed by atoms with Crippen molar-refractivity contribution in [3.63, 3.8) is 0 Å². The van der Waals surface area contributed by atoms with Gasteiger partial charge < -0.3 is 5.32 Å². The third-order valence-corrected chi connectivity index (χ3v) is 3.52. The van der Waals surface area contributed by atoms with Crippen molar-refractivity contribution < 1.29 is 4.39 Å². The lowest BCUT2D eigenvalue weighted by Crippen LogP contribution is -2.21.